The molecule has 0 radical (unpaired) electrons. The summed E-state index contributed by atoms with van der Waals surface area (Å²) in [4.78, 5) is 0. The number of hydrogen-bond acceptors (Lipinski definition) is 2. The molecule has 4 N–H and O–H groups in total. The van der Waals surface area contributed by atoms with E-state index in [2.05, 4.69) is 138 Å². The summed E-state index contributed by atoms with van der Waals surface area (Å²) in [5.41, 5.74) is 13.4. The van der Waals surface area contributed by atoms with E-state index in [0.717, 1.165) is 0 Å². The highest BCUT2D eigenvalue weighted by atomic mass is 14.8. The zero-order valence-electron chi connectivity index (χ0n) is 27.3. The molecule has 0 atom stereocenters. The van der Waals surface area contributed by atoms with Gasteiger partial charge in [-0.2, -0.15) is 0 Å². The minimum atomic E-state index is -0.293. The molecule has 204 valence electrons. The third-order valence-corrected chi connectivity index (χ3v) is 14.1. The van der Waals surface area contributed by atoms with E-state index in [1.165, 1.54) is 0 Å². The summed E-state index contributed by atoms with van der Waals surface area (Å²) in [5.74, 6) is 0.910. The van der Waals surface area contributed by atoms with Crippen molar-refractivity contribution < 1.29 is 0 Å². The van der Waals surface area contributed by atoms with Crippen molar-refractivity contribution in [3.63, 3.8) is 0 Å². The third kappa shape index (κ3) is 3.77. The lowest BCUT2D eigenvalue weighted by Crippen LogP contribution is -2.73. The summed E-state index contributed by atoms with van der Waals surface area (Å²) < 4.78 is 0. The normalized spacial score (nSPS) is 28.1. The topological polar surface area (TPSA) is 52.0 Å². The Kier molecular flexibility index (Phi) is 7.25. The van der Waals surface area contributed by atoms with Crippen LogP contribution in [0.1, 0.15) is 138 Å². The molecule has 0 aromatic rings. The van der Waals surface area contributed by atoms with Crippen LogP contribution in [0.15, 0.2) is 0 Å². The van der Waals surface area contributed by atoms with E-state index in [1.807, 2.05) is 0 Å². The van der Waals surface area contributed by atoms with Gasteiger partial charge in [-0.15, -0.1) is 0 Å². The van der Waals surface area contributed by atoms with Crippen LogP contribution in [0.2, 0.25) is 0 Å². The van der Waals surface area contributed by atoms with Crippen molar-refractivity contribution in [3.05, 3.63) is 0 Å². The average Bonchev–Trinajstić information content (AvgIpc) is 2.49. The Labute approximate surface area is 216 Å². The van der Waals surface area contributed by atoms with E-state index in [0.29, 0.717) is 11.8 Å². The predicted molar refractivity (Wildman–Crippen MR) is 154 cm³/mol. The zero-order chi connectivity index (χ0) is 28.2. The van der Waals surface area contributed by atoms with E-state index in [4.69, 9.17) is 11.5 Å². The Bertz CT molecular complexity index is 664. The van der Waals surface area contributed by atoms with Gasteiger partial charge in [-0.05, 0) is 82.9 Å². The standard InChI is InChI=1S/C32H66N2/c1-23(2)21(27(9,10)29(13,14)31(17,18)33)25(5,6)26(7,8)22(24(23,3)4)28(11,12)30(15,16)32(19,20)34/h21-22H,33-34H2,1-20H3. The lowest BCUT2D eigenvalue weighted by atomic mass is 9.27. The summed E-state index contributed by atoms with van der Waals surface area (Å²) in [6.07, 6.45) is 0. The molecule has 0 aromatic heterocycles. The van der Waals surface area contributed by atoms with Crippen LogP contribution in [-0.2, 0) is 0 Å². The molecule has 0 aliphatic heterocycles. The summed E-state index contributed by atoms with van der Waals surface area (Å²) in [6, 6.07) is 0. The van der Waals surface area contributed by atoms with Crippen LogP contribution >= 0.6 is 0 Å². The second-order valence-electron chi connectivity index (χ2n) is 17.9. The average molecular weight is 479 g/mol. The Morgan fingerprint density at radius 1 is 0.382 bits per heavy atom. The van der Waals surface area contributed by atoms with Gasteiger partial charge in [0.25, 0.3) is 0 Å². The highest BCUT2D eigenvalue weighted by molar-refractivity contribution is 5.22. The van der Waals surface area contributed by atoms with Crippen molar-refractivity contribution in [3.8, 4) is 0 Å². The summed E-state index contributed by atoms with van der Waals surface area (Å²) in [7, 11) is 0. The lowest BCUT2D eigenvalue weighted by molar-refractivity contribution is -0.291. The molecule has 1 aliphatic rings. The maximum atomic E-state index is 6.91. The first-order valence-corrected chi connectivity index (χ1v) is 13.8. The summed E-state index contributed by atoms with van der Waals surface area (Å²) >= 11 is 0. The second-order valence-corrected chi connectivity index (χ2v) is 17.9. The molecule has 1 saturated carbocycles. The van der Waals surface area contributed by atoms with Gasteiger partial charge in [0.15, 0.2) is 0 Å². The number of rotatable bonds is 6. The summed E-state index contributed by atoms with van der Waals surface area (Å²) in [5, 5.41) is 0. The maximum Gasteiger partial charge on any atom is 0.0154 e. The molecule has 1 rings (SSSR count). The van der Waals surface area contributed by atoms with Crippen molar-refractivity contribution in [2.75, 3.05) is 0 Å². The molecule has 0 amide bonds. The predicted octanol–water partition coefficient (Wildman–Crippen LogP) is 8.92. The molecular weight excluding hydrogens is 412 g/mol. The molecule has 0 saturated heterocycles. The third-order valence-electron chi connectivity index (χ3n) is 14.1. The number of nitrogens with two attached hydrogens (primary N) is 2. The summed E-state index contributed by atoms with van der Waals surface area (Å²) in [6.45, 7) is 48.9. The minimum absolute atomic E-state index is 0.00452. The van der Waals surface area contributed by atoms with E-state index >= 15 is 0 Å². The molecular formula is C32H66N2. The number of hydrogen-bond donors (Lipinski definition) is 2. The molecule has 0 spiro atoms. The fraction of sp³-hybridized carbons (Fsp3) is 1.00. The van der Waals surface area contributed by atoms with Crippen molar-refractivity contribution in [1.82, 2.24) is 0 Å². The first-order chi connectivity index (χ1) is 14.2. The molecule has 1 fully saturated rings. The zero-order valence-corrected chi connectivity index (χ0v) is 27.3. The van der Waals surface area contributed by atoms with E-state index in [-0.39, 0.29) is 54.4 Å². The second kappa shape index (κ2) is 7.72. The van der Waals surface area contributed by atoms with Crippen LogP contribution in [-0.4, -0.2) is 11.1 Å². The van der Waals surface area contributed by atoms with Crippen LogP contribution in [0, 0.1) is 55.2 Å². The Balaban J connectivity index is 4.09. The fourth-order valence-corrected chi connectivity index (χ4v) is 9.28. The highest BCUT2D eigenvalue weighted by Gasteiger charge is 2.73. The SMILES string of the molecule is CC(C)(N)C(C)(C)C(C)(C)C1C(C)(C)C(C)(C)C(C(C)(C)C(C)(C)C(C)(C)N)C(C)(C)C1(C)C. The van der Waals surface area contributed by atoms with Gasteiger partial charge in [0.1, 0.15) is 0 Å². The van der Waals surface area contributed by atoms with Crippen LogP contribution in [0.4, 0.5) is 0 Å². The van der Waals surface area contributed by atoms with Crippen LogP contribution < -0.4 is 11.5 Å². The van der Waals surface area contributed by atoms with Gasteiger partial charge in [0, 0.05) is 11.1 Å². The molecule has 0 heterocycles. The first kappa shape index (κ1) is 31.9. The maximum absolute atomic E-state index is 6.91. The van der Waals surface area contributed by atoms with Gasteiger partial charge in [-0.3, -0.25) is 0 Å². The molecule has 2 heteroatoms. The highest BCUT2D eigenvalue weighted by Crippen LogP contribution is 2.78. The molecule has 2 nitrogen and oxygen atoms in total. The van der Waals surface area contributed by atoms with Crippen molar-refractivity contribution in [1.29, 1.82) is 0 Å². The Hall–Kier alpha value is -0.0800. The monoisotopic (exact) mass is 479 g/mol. The van der Waals surface area contributed by atoms with Crippen molar-refractivity contribution >= 4 is 0 Å². The van der Waals surface area contributed by atoms with Gasteiger partial charge in [-0.25, -0.2) is 0 Å². The van der Waals surface area contributed by atoms with E-state index in [9.17, 15) is 0 Å². The quantitative estimate of drug-likeness (QED) is 0.400. The lowest BCUT2D eigenvalue weighted by Gasteiger charge is -2.77. The smallest absolute Gasteiger partial charge is 0.0154 e. The van der Waals surface area contributed by atoms with Gasteiger partial charge < -0.3 is 11.5 Å². The van der Waals surface area contributed by atoms with Gasteiger partial charge in [0.2, 0.25) is 0 Å². The van der Waals surface area contributed by atoms with E-state index < -0.39 is 0 Å². The fourth-order valence-electron chi connectivity index (χ4n) is 9.28. The van der Waals surface area contributed by atoms with Crippen LogP contribution in [0.25, 0.3) is 0 Å². The van der Waals surface area contributed by atoms with Gasteiger partial charge in [0.05, 0.1) is 0 Å². The Morgan fingerprint density at radius 2 is 0.529 bits per heavy atom. The molecule has 0 bridgehead atoms. The van der Waals surface area contributed by atoms with Crippen molar-refractivity contribution in [2.45, 2.75) is 150 Å². The molecule has 34 heavy (non-hydrogen) atoms. The molecule has 0 unspecified atom stereocenters. The van der Waals surface area contributed by atoms with E-state index in [1.54, 1.807) is 0 Å². The van der Waals surface area contributed by atoms with Gasteiger partial charge in [-0.1, -0.05) is 111 Å². The first-order valence-electron chi connectivity index (χ1n) is 13.8. The molecule has 1 aliphatic carbocycles. The Morgan fingerprint density at radius 3 is 0.647 bits per heavy atom. The minimum Gasteiger partial charge on any atom is -0.325 e. The molecule has 0 aromatic carbocycles. The van der Waals surface area contributed by atoms with Crippen molar-refractivity contribution in [2.24, 2.45) is 66.6 Å². The van der Waals surface area contributed by atoms with Gasteiger partial charge >= 0.3 is 0 Å². The van der Waals surface area contributed by atoms with Crippen LogP contribution in [0.3, 0.4) is 0 Å². The van der Waals surface area contributed by atoms with Crippen LogP contribution in [0.5, 0.6) is 0 Å². The largest absolute Gasteiger partial charge is 0.325 e.